The van der Waals surface area contributed by atoms with Gasteiger partial charge in [0.2, 0.25) is 0 Å². The standard InChI is InChI=1S/C22H34N2O2/c1-2-3-4-5-6-7-8-9-10-11-12-13-14-15-18-23-21-17-16-20(19-24-21)22(25)26/h16-17,19H,2-4,7-15,18H2,1H3,(H,23,24)(H,25,26). The van der Waals surface area contributed by atoms with Gasteiger partial charge in [-0.05, 0) is 31.4 Å². The minimum Gasteiger partial charge on any atom is -0.478 e. The van der Waals surface area contributed by atoms with Crippen molar-refractivity contribution in [2.75, 3.05) is 11.9 Å². The van der Waals surface area contributed by atoms with Gasteiger partial charge in [0.15, 0.2) is 0 Å². The van der Waals surface area contributed by atoms with Crippen molar-refractivity contribution in [3.63, 3.8) is 0 Å². The summed E-state index contributed by atoms with van der Waals surface area (Å²) >= 11 is 0. The van der Waals surface area contributed by atoms with Crippen molar-refractivity contribution in [2.45, 2.75) is 84.0 Å². The molecule has 144 valence electrons. The van der Waals surface area contributed by atoms with E-state index in [1.165, 1.54) is 64.0 Å². The smallest absolute Gasteiger partial charge is 0.337 e. The third-order valence-electron chi connectivity index (χ3n) is 4.33. The fraction of sp³-hybridized carbons (Fsp3) is 0.636. The second-order valence-corrected chi connectivity index (χ2v) is 6.70. The Morgan fingerprint density at radius 1 is 0.962 bits per heavy atom. The summed E-state index contributed by atoms with van der Waals surface area (Å²) < 4.78 is 0. The number of rotatable bonds is 14. The summed E-state index contributed by atoms with van der Waals surface area (Å²) in [5.41, 5.74) is 0.221. The number of pyridine rings is 1. The molecule has 0 radical (unpaired) electrons. The number of anilines is 1. The number of carboxylic acid groups (broad SMARTS) is 1. The van der Waals surface area contributed by atoms with Crippen LogP contribution in [0.15, 0.2) is 18.3 Å². The molecular formula is C22H34N2O2. The zero-order chi connectivity index (χ0) is 18.9. The largest absolute Gasteiger partial charge is 0.478 e. The average molecular weight is 359 g/mol. The van der Waals surface area contributed by atoms with Crippen molar-refractivity contribution in [1.29, 1.82) is 0 Å². The van der Waals surface area contributed by atoms with E-state index in [4.69, 9.17) is 5.11 Å². The summed E-state index contributed by atoms with van der Waals surface area (Å²) in [5, 5.41) is 12.1. The van der Waals surface area contributed by atoms with E-state index >= 15 is 0 Å². The summed E-state index contributed by atoms with van der Waals surface area (Å²) in [5.74, 6) is 6.33. The maximum Gasteiger partial charge on any atom is 0.337 e. The highest BCUT2D eigenvalue weighted by Gasteiger charge is 2.02. The van der Waals surface area contributed by atoms with Crippen LogP contribution in [-0.2, 0) is 0 Å². The molecule has 0 saturated heterocycles. The molecule has 4 nitrogen and oxygen atoms in total. The average Bonchev–Trinajstić information content (AvgIpc) is 2.65. The lowest BCUT2D eigenvalue weighted by Crippen LogP contribution is -2.04. The van der Waals surface area contributed by atoms with Crippen molar-refractivity contribution < 1.29 is 9.90 Å². The van der Waals surface area contributed by atoms with Gasteiger partial charge < -0.3 is 10.4 Å². The number of hydrogen-bond acceptors (Lipinski definition) is 3. The monoisotopic (exact) mass is 358 g/mol. The lowest BCUT2D eigenvalue weighted by Gasteiger charge is -2.06. The molecule has 1 heterocycles. The van der Waals surface area contributed by atoms with Crippen LogP contribution in [0.1, 0.15) is 94.3 Å². The first-order valence-electron chi connectivity index (χ1n) is 10.1. The van der Waals surface area contributed by atoms with Crippen molar-refractivity contribution in [2.24, 2.45) is 0 Å². The number of carbonyl (C=O) groups is 1. The SMILES string of the molecule is CCCCC#CCCCCCCCCCCNc1ccc(C(=O)O)cn1. The van der Waals surface area contributed by atoms with Gasteiger partial charge in [-0.25, -0.2) is 9.78 Å². The molecular weight excluding hydrogens is 324 g/mol. The van der Waals surface area contributed by atoms with E-state index in [-0.39, 0.29) is 5.56 Å². The maximum absolute atomic E-state index is 10.8. The number of nitrogens with zero attached hydrogens (tertiary/aromatic N) is 1. The maximum atomic E-state index is 10.8. The van der Waals surface area contributed by atoms with Gasteiger partial charge in [-0.3, -0.25) is 0 Å². The van der Waals surface area contributed by atoms with Gasteiger partial charge >= 0.3 is 5.97 Å². The molecule has 0 aromatic carbocycles. The molecule has 0 aliphatic carbocycles. The molecule has 26 heavy (non-hydrogen) atoms. The molecule has 1 aromatic heterocycles. The molecule has 0 spiro atoms. The van der Waals surface area contributed by atoms with Crippen LogP contribution >= 0.6 is 0 Å². The first-order chi connectivity index (χ1) is 12.7. The van der Waals surface area contributed by atoms with E-state index < -0.39 is 5.97 Å². The Bertz CT molecular complexity index is 544. The van der Waals surface area contributed by atoms with Gasteiger partial charge in [-0.1, -0.05) is 51.9 Å². The molecule has 0 bridgehead atoms. The second kappa shape index (κ2) is 15.3. The van der Waals surface area contributed by atoms with Crippen LogP contribution in [0, 0.1) is 11.8 Å². The molecule has 0 unspecified atom stereocenters. The van der Waals surface area contributed by atoms with Crippen molar-refractivity contribution in [3.8, 4) is 11.8 Å². The van der Waals surface area contributed by atoms with E-state index in [1.54, 1.807) is 12.1 Å². The van der Waals surface area contributed by atoms with E-state index in [9.17, 15) is 4.79 Å². The molecule has 0 saturated carbocycles. The highest BCUT2D eigenvalue weighted by atomic mass is 16.4. The molecule has 0 aliphatic heterocycles. The number of nitrogens with one attached hydrogen (secondary N) is 1. The van der Waals surface area contributed by atoms with Gasteiger partial charge in [-0.2, -0.15) is 0 Å². The summed E-state index contributed by atoms with van der Waals surface area (Å²) in [7, 11) is 0. The number of aromatic carboxylic acids is 1. The van der Waals surface area contributed by atoms with Crippen LogP contribution < -0.4 is 5.32 Å². The fourth-order valence-electron chi connectivity index (χ4n) is 2.68. The summed E-state index contributed by atoms with van der Waals surface area (Å²) in [6.45, 7) is 3.09. The number of hydrogen-bond donors (Lipinski definition) is 2. The van der Waals surface area contributed by atoms with Gasteiger partial charge in [0.25, 0.3) is 0 Å². The van der Waals surface area contributed by atoms with Crippen LogP contribution in [0.25, 0.3) is 0 Å². The molecule has 2 N–H and O–H groups in total. The normalized spacial score (nSPS) is 10.2. The predicted molar refractivity (Wildman–Crippen MR) is 109 cm³/mol. The third kappa shape index (κ3) is 11.5. The molecule has 1 rings (SSSR count). The highest BCUT2D eigenvalue weighted by Crippen LogP contribution is 2.10. The fourth-order valence-corrected chi connectivity index (χ4v) is 2.68. The molecule has 1 aromatic rings. The zero-order valence-electron chi connectivity index (χ0n) is 16.2. The Balaban J connectivity index is 1.87. The zero-order valence-corrected chi connectivity index (χ0v) is 16.2. The summed E-state index contributed by atoms with van der Waals surface area (Å²) in [6, 6.07) is 3.30. The van der Waals surface area contributed by atoms with Crippen molar-refractivity contribution in [3.05, 3.63) is 23.9 Å². The highest BCUT2D eigenvalue weighted by molar-refractivity contribution is 5.87. The third-order valence-corrected chi connectivity index (χ3v) is 4.33. The van der Waals surface area contributed by atoms with Crippen molar-refractivity contribution >= 4 is 11.8 Å². The van der Waals surface area contributed by atoms with E-state index in [0.29, 0.717) is 0 Å². The summed E-state index contributed by atoms with van der Waals surface area (Å²) in [4.78, 5) is 14.9. The van der Waals surface area contributed by atoms with E-state index in [0.717, 1.165) is 31.6 Å². The van der Waals surface area contributed by atoms with Gasteiger partial charge in [0.05, 0.1) is 5.56 Å². The van der Waals surface area contributed by atoms with Gasteiger partial charge in [-0.15, -0.1) is 11.8 Å². The number of aromatic nitrogens is 1. The topological polar surface area (TPSA) is 62.2 Å². The quantitative estimate of drug-likeness (QED) is 0.321. The molecule has 0 amide bonds. The minimum absolute atomic E-state index is 0.221. The first kappa shape index (κ1) is 22.0. The van der Waals surface area contributed by atoms with Crippen LogP contribution in [0.4, 0.5) is 5.82 Å². The van der Waals surface area contributed by atoms with Crippen LogP contribution in [0.5, 0.6) is 0 Å². The van der Waals surface area contributed by atoms with Crippen molar-refractivity contribution in [1.82, 2.24) is 4.98 Å². The minimum atomic E-state index is -0.941. The Morgan fingerprint density at radius 3 is 2.15 bits per heavy atom. The second-order valence-electron chi connectivity index (χ2n) is 6.70. The lowest BCUT2D eigenvalue weighted by molar-refractivity contribution is 0.0696. The Kier molecular flexibility index (Phi) is 12.9. The Morgan fingerprint density at radius 2 is 1.58 bits per heavy atom. The molecule has 4 heteroatoms. The Hall–Kier alpha value is -2.02. The summed E-state index contributed by atoms with van der Waals surface area (Å²) in [6.07, 6.45) is 16.1. The predicted octanol–water partition coefficient (Wildman–Crippen LogP) is 5.90. The van der Waals surface area contributed by atoms with Crippen LogP contribution in [0.3, 0.4) is 0 Å². The molecule has 0 aliphatic rings. The number of carboxylic acids is 1. The van der Waals surface area contributed by atoms with Crippen LogP contribution in [0.2, 0.25) is 0 Å². The molecule has 0 fully saturated rings. The van der Waals surface area contributed by atoms with E-state index in [1.807, 2.05) is 0 Å². The lowest BCUT2D eigenvalue weighted by atomic mass is 10.1. The number of unbranched alkanes of at least 4 members (excludes halogenated alkanes) is 10. The van der Waals surface area contributed by atoms with Crippen LogP contribution in [-0.4, -0.2) is 22.6 Å². The first-order valence-corrected chi connectivity index (χ1v) is 10.1. The molecule has 0 atom stereocenters. The van der Waals surface area contributed by atoms with Gasteiger partial charge in [0.1, 0.15) is 5.82 Å². The van der Waals surface area contributed by atoms with Gasteiger partial charge in [0, 0.05) is 25.6 Å². The Labute approximate surface area is 158 Å². The van der Waals surface area contributed by atoms with E-state index in [2.05, 4.69) is 29.1 Å².